The van der Waals surface area contributed by atoms with Gasteiger partial charge in [0.1, 0.15) is 0 Å². The smallest absolute Gasteiger partial charge is 0.341 e. The lowest BCUT2D eigenvalue weighted by Crippen LogP contribution is -2.42. The van der Waals surface area contributed by atoms with Crippen molar-refractivity contribution < 1.29 is 97.8 Å². The number of imide groups is 4. The molecule has 678 valence electrons. The van der Waals surface area contributed by atoms with E-state index in [-0.39, 0.29) is 82.0 Å². The molecule has 15 aromatic carbocycles. The van der Waals surface area contributed by atoms with Crippen molar-refractivity contribution >= 4 is 216 Å². The Kier molecular flexibility index (Phi) is 23.9. The van der Waals surface area contributed by atoms with Gasteiger partial charge in [0.25, 0.3) is 75.7 Å². The Morgan fingerprint density at radius 2 is 0.481 bits per heavy atom. The summed E-state index contributed by atoms with van der Waals surface area (Å²) >= 11 is 0. The maximum atomic E-state index is 13.6. The Morgan fingerprint density at radius 3 is 0.733 bits per heavy atom. The lowest BCUT2D eigenvalue weighted by molar-refractivity contribution is -0.384. The highest BCUT2D eigenvalue weighted by molar-refractivity contribution is 7.86. The third-order valence-electron chi connectivity index (χ3n) is 23.9. The monoisotopic (exact) mass is 1860 g/mol. The SMILES string of the molecule is CS(=O)(=O)OC(=O)c1cc([N+](=O)[O-])cc2c1c(C(=O)OS(C)(=O)=O)cc1ccccc12.O=C1c2cc([N+](=O)[O-])cc3c2c(cc2ccccc23)C(=O)N1CCCCNCCCN1C(=O)c2cc([N+](=O)[O-])cc3c2c(cc2ccccc23)C1=O.O=C1c2cc([N+](=O)[O-])cc3c2c(cc2ccccc23)C(=O)N1CCCCNCCCN1C(=O)c2cc([N+](=O)[O-])cc3c2c(cc2ccccc23)C1=O. The summed E-state index contributed by atoms with van der Waals surface area (Å²) in [5.74, 6) is -6.92. The molecule has 135 heavy (non-hydrogen) atoms. The molecule has 19 rings (SSSR count). The Hall–Kier alpha value is -16.8. The van der Waals surface area contributed by atoms with Crippen molar-refractivity contribution in [2.45, 2.75) is 38.5 Å². The van der Waals surface area contributed by atoms with Crippen LogP contribution in [0.4, 0.5) is 28.4 Å². The largest absolute Gasteiger partial charge is 0.354 e. The number of benzene rings is 15. The number of rotatable bonds is 27. The van der Waals surface area contributed by atoms with Crippen molar-refractivity contribution in [3.8, 4) is 0 Å². The molecular formula is C96H71N11O26S2. The van der Waals surface area contributed by atoms with Gasteiger partial charge in [0, 0.05) is 136 Å². The predicted octanol–water partition coefficient (Wildman–Crippen LogP) is 15.7. The van der Waals surface area contributed by atoms with Gasteiger partial charge in [-0.2, -0.15) is 16.8 Å². The second-order valence-corrected chi connectivity index (χ2v) is 35.6. The first-order valence-electron chi connectivity index (χ1n) is 42.0. The van der Waals surface area contributed by atoms with E-state index in [1.54, 1.807) is 72.8 Å². The van der Waals surface area contributed by atoms with Crippen LogP contribution in [0.3, 0.4) is 0 Å². The molecule has 4 aliphatic rings. The summed E-state index contributed by atoms with van der Waals surface area (Å²) in [7, 11) is -8.56. The lowest BCUT2D eigenvalue weighted by Gasteiger charge is -2.28. The third kappa shape index (κ3) is 17.0. The van der Waals surface area contributed by atoms with Crippen LogP contribution in [0, 0.1) is 50.6 Å². The summed E-state index contributed by atoms with van der Waals surface area (Å²) in [6.45, 7) is 2.42. The van der Waals surface area contributed by atoms with Crippen LogP contribution in [-0.2, 0) is 28.6 Å². The number of nitrogens with zero attached hydrogens (tertiary/aromatic N) is 9. The molecule has 39 heteroatoms. The van der Waals surface area contributed by atoms with Crippen LogP contribution in [0.5, 0.6) is 0 Å². The fourth-order valence-corrected chi connectivity index (χ4v) is 18.8. The van der Waals surface area contributed by atoms with E-state index in [9.17, 15) is 115 Å². The molecule has 8 amide bonds. The van der Waals surface area contributed by atoms with Crippen LogP contribution >= 0.6 is 0 Å². The van der Waals surface area contributed by atoms with E-state index in [1.165, 1.54) is 54.6 Å². The minimum atomic E-state index is -4.31. The zero-order chi connectivity index (χ0) is 95.7. The number of non-ortho nitro benzene ring substituents is 5. The molecule has 0 spiro atoms. The summed E-state index contributed by atoms with van der Waals surface area (Å²) in [5, 5.41) is 75.0. The molecule has 0 aromatic heterocycles. The number of unbranched alkanes of at least 4 members (excludes halogenated alkanes) is 2. The highest BCUT2D eigenvalue weighted by Gasteiger charge is 2.41. The number of amides is 8. The van der Waals surface area contributed by atoms with Crippen LogP contribution in [-0.4, -0.2) is 185 Å². The summed E-state index contributed by atoms with van der Waals surface area (Å²) in [4.78, 5) is 194. The van der Waals surface area contributed by atoms with Crippen molar-refractivity contribution in [2.75, 3.05) is 64.9 Å². The fraction of sp³-hybridized carbons (Fsp3) is 0.167. The molecule has 0 saturated carbocycles. The molecule has 15 aromatic rings. The van der Waals surface area contributed by atoms with Crippen molar-refractivity contribution in [1.29, 1.82) is 0 Å². The second-order valence-electron chi connectivity index (χ2n) is 32.4. The van der Waals surface area contributed by atoms with Crippen molar-refractivity contribution in [2.24, 2.45) is 0 Å². The highest BCUT2D eigenvalue weighted by Crippen LogP contribution is 2.45. The molecule has 0 aliphatic carbocycles. The van der Waals surface area contributed by atoms with E-state index in [0.29, 0.717) is 153 Å². The van der Waals surface area contributed by atoms with Gasteiger partial charge in [-0.1, -0.05) is 121 Å². The van der Waals surface area contributed by atoms with E-state index in [1.807, 2.05) is 72.8 Å². The number of hydrogen-bond acceptors (Lipinski definition) is 28. The van der Waals surface area contributed by atoms with Crippen LogP contribution in [0.1, 0.15) is 142 Å². The minimum Gasteiger partial charge on any atom is -0.341 e. The van der Waals surface area contributed by atoms with E-state index in [4.69, 9.17) is 0 Å². The Balaban J connectivity index is 0.000000146. The summed E-state index contributed by atoms with van der Waals surface area (Å²) in [6.07, 6.45) is 4.23. The number of nitro groups is 5. The van der Waals surface area contributed by atoms with E-state index < -0.39 is 121 Å². The summed E-state index contributed by atoms with van der Waals surface area (Å²) < 4.78 is 54.6. The van der Waals surface area contributed by atoms with Crippen LogP contribution in [0.15, 0.2) is 212 Å². The fourth-order valence-electron chi connectivity index (χ4n) is 18.0. The number of nitro benzene ring substituents is 5. The number of nitrogens with one attached hydrogen (secondary N) is 2. The number of fused-ring (bicyclic) bond motifs is 11. The Bertz CT molecular complexity index is 7460. The molecule has 0 fully saturated rings. The van der Waals surface area contributed by atoms with E-state index in [2.05, 4.69) is 19.0 Å². The van der Waals surface area contributed by atoms with Crippen LogP contribution < -0.4 is 10.6 Å². The first-order chi connectivity index (χ1) is 64.5. The average Bonchev–Trinajstić information content (AvgIpc) is 0.726. The van der Waals surface area contributed by atoms with Gasteiger partial charge in [0.2, 0.25) is 0 Å². The number of hydrogen-bond donors (Lipinski definition) is 2. The van der Waals surface area contributed by atoms with Gasteiger partial charge in [0.05, 0.1) is 70.5 Å². The van der Waals surface area contributed by atoms with Gasteiger partial charge in [-0.05, 0) is 176 Å². The van der Waals surface area contributed by atoms with Gasteiger partial charge in [-0.25, -0.2) is 9.59 Å². The Morgan fingerprint density at radius 1 is 0.274 bits per heavy atom. The molecular weight excluding hydrogens is 1790 g/mol. The van der Waals surface area contributed by atoms with Gasteiger partial charge < -0.3 is 19.0 Å². The summed E-state index contributed by atoms with van der Waals surface area (Å²) in [5.41, 5.74) is -0.678. The van der Waals surface area contributed by atoms with Crippen molar-refractivity contribution in [1.82, 2.24) is 30.2 Å². The molecule has 0 bridgehead atoms. The maximum absolute atomic E-state index is 13.6. The first kappa shape index (κ1) is 90.2. The molecule has 0 unspecified atom stereocenters. The minimum absolute atomic E-state index is 0.0215. The Labute approximate surface area is 761 Å². The van der Waals surface area contributed by atoms with Crippen LogP contribution in [0.25, 0.3) is 108 Å². The predicted molar refractivity (Wildman–Crippen MR) is 496 cm³/mol. The third-order valence-corrected chi connectivity index (χ3v) is 24.8. The van der Waals surface area contributed by atoms with Gasteiger partial charge >= 0.3 is 32.2 Å². The molecule has 2 N–H and O–H groups in total. The lowest BCUT2D eigenvalue weighted by atomic mass is 9.89. The standard InChI is InChI=1S/2C39H29N5O8.C18H13NO10S2/c2*45-36-30-16-22-8-1-3-10-26(22)28-18-24(43(49)50)20-32(34(28)30)38(47)41(36)14-6-5-12-40-13-7-15-42-37(46)31-17-23-9-2-4-11-27(23)29-19-25(44(51)52)21-33(35(29)31)39(42)48;1-30(24,25)28-17(20)14-7-10-5-3-4-6-12(10)13-8-11(19(22)23)9-15(16(13)14)18(21)29-31(2,26)27/h2*1-4,8-11,16-21,40H,5-7,12-15H2;3-9H,1-2H3. The van der Waals surface area contributed by atoms with Crippen molar-refractivity contribution in [3.05, 3.63) is 319 Å². The average molecular weight is 1860 g/mol. The van der Waals surface area contributed by atoms with Crippen LogP contribution in [0.2, 0.25) is 0 Å². The molecule has 0 saturated heterocycles. The number of carbonyl (C=O) groups excluding carboxylic acids is 10. The highest BCUT2D eigenvalue weighted by atomic mass is 32.2. The molecule has 4 aliphatic heterocycles. The topological polar surface area (TPSA) is 510 Å². The zero-order valence-electron chi connectivity index (χ0n) is 71.1. The molecule has 0 atom stereocenters. The maximum Gasteiger partial charge on any atom is 0.354 e. The van der Waals surface area contributed by atoms with Gasteiger partial charge in [0.15, 0.2) is 0 Å². The van der Waals surface area contributed by atoms with Crippen molar-refractivity contribution in [3.63, 3.8) is 0 Å². The molecule has 0 radical (unpaired) electrons. The van der Waals surface area contributed by atoms with Gasteiger partial charge in [-0.15, -0.1) is 0 Å². The van der Waals surface area contributed by atoms with Gasteiger partial charge in [-0.3, -0.25) is 109 Å². The summed E-state index contributed by atoms with van der Waals surface area (Å²) in [6, 6.07) is 55.9. The quantitative estimate of drug-likeness (QED) is 0.0121. The normalized spacial score (nSPS) is 13.5. The zero-order valence-corrected chi connectivity index (χ0v) is 72.7. The first-order valence-corrected chi connectivity index (χ1v) is 45.6. The second kappa shape index (κ2) is 35.8. The molecule has 4 heterocycles. The molecule has 37 nitrogen and oxygen atoms in total. The van der Waals surface area contributed by atoms with E-state index in [0.717, 1.165) is 74.8 Å². The number of carbonyl (C=O) groups is 10. The van der Waals surface area contributed by atoms with E-state index >= 15 is 0 Å².